The highest BCUT2D eigenvalue weighted by atomic mass is 32.1. The summed E-state index contributed by atoms with van der Waals surface area (Å²) in [5, 5.41) is 23.5. The average molecular weight is 549 g/mol. The molecule has 0 radical (unpaired) electrons. The van der Waals surface area contributed by atoms with Gasteiger partial charge in [-0.3, -0.25) is 0 Å². The second kappa shape index (κ2) is 11.8. The van der Waals surface area contributed by atoms with Gasteiger partial charge in [-0.15, -0.1) is 11.3 Å². The molecule has 0 aliphatic carbocycles. The van der Waals surface area contributed by atoms with Gasteiger partial charge in [-0.1, -0.05) is 43.3 Å². The smallest absolute Gasteiger partial charge is 0.387 e. The summed E-state index contributed by atoms with van der Waals surface area (Å²) in [6.07, 6.45) is 4.94. The normalized spacial score (nSPS) is 13.9. The summed E-state index contributed by atoms with van der Waals surface area (Å²) < 4.78 is 61.3. The average Bonchev–Trinajstić information content (AvgIpc) is 3.39. The van der Waals surface area contributed by atoms with Crippen LogP contribution < -0.4 is 14.2 Å². The molecule has 6 nitrogen and oxygen atoms in total. The van der Waals surface area contributed by atoms with Gasteiger partial charge >= 0.3 is 13.2 Å². The van der Waals surface area contributed by atoms with Crippen molar-refractivity contribution in [3.63, 3.8) is 0 Å². The minimum absolute atomic E-state index is 0.321. The number of pyridine rings is 1. The number of hydrogen-bond acceptors (Lipinski definition) is 6. The van der Waals surface area contributed by atoms with E-state index in [-0.39, 0.29) is 0 Å². The Morgan fingerprint density at radius 3 is 2.26 bits per heavy atom. The number of hydrogen-bond donors (Lipinski definition) is 1. The Labute approximate surface area is 220 Å². The predicted molar refractivity (Wildman–Crippen MR) is 133 cm³/mol. The lowest BCUT2D eigenvalue weighted by molar-refractivity contribution is -0.605. The van der Waals surface area contributed by atoms with Crippen molar-refractivity contribution in [1.82, 2.24) is 4.98 Å². The van der Waals surface area contributed by atoms with Crippen LogP contribution in [0.5, 0.6) is 11.5 Å². The van der Waals surface area contributed by atoms with E-state index >= 15 is 0 Å². The van der Waals surface area contributed by atoms with E-state index in [0.29, 0.717) is 38.6 Å². The van der Waals surface area contributed by atoms with Crippen LogP contribution in [0.15, 0.2) is 79.3 Å². The molecule has 38 heavy (non-hydrogen) atoms. The van der Waals surface area contributed by atoms with Crippen molar-refractivity contribution in [3.05, 3.63) is 111 Å². The molecule has 4 aromatic rings. The zero-order chi connectivity index (χ0) is 27.3. The Morgan fingerprint density at radius 1 is 0.974 bits per heavy atom. The molecular formula is C27H24F4N2O4S. The second-order valence-electron chi connectivity index (χ2n) is 8.43. The molecule has 0 aliphatic rings. The molecule has 0 saturated carbocycles. The van der Waals surface area contributed by atoms with E-state index in [2.05, 4.69) is 14.5 Å². The molecule has 0 amide bonds. The van der Waals surface area contributed by atoms with Crippen LogP contribution in [0.1, 0.15) is 45.8 Å². The third kappa shape index (κ3) is 6.22. The van der Waals surface area contributed by atoms with Crippen LogP contribution in [0.2, 0.25) is 0 Å². The highest BCUT2D eigenvalue weighted by Crippen LogP contribution is 2.41. The SMILES string of the molecule is CCC(O)(c1ccccc1)c1ncc(C(Cc2cc[n+]([O-])cc2)c2ccc(OC(F)F)c(OC(F)F)c2)s1. The van der Waals surface area contributed by atoms with Crippen LogP contribution in [-0.2, 0) is 12.0 Å². The lowest BCUT2D eigenvalue weighted by Gasteiger charge is -2.25. The van der Waals surface area contributed by atoms with E-state index < -0.39 is 36.2 Å². The maximum Gasteiger partial charge on any atom is 0.387 e. The lowest BCUT2D eigenvalue weighted by Crippen LogP contribution is -2.25. The fraction of sp³-hybridized carbons (Fsp3) is 0.259. The molecule has 0 spiro atoms. The zero-order valence-corrected chi connectivity index (χ0v) is 21.0. The summed E-state index contributed by atoms with van der Waals surface area (Å²) in [7, 11) is 0. The van der Waals surface area contributed by atoms with Crippen LogP contribution in [0, 0.1) is 5.21 Å². The summed E-state index contributed by atoms with van der Waals surface area (Å²) in [5.74, 6) is -1.56. The Kier molecular flexibility index (Phi) is 8.48. The molecule has 11 heteroatoms. The molecule has 200 valence electrons. The summed E-state index contributed by atoms with van der Waals surface area (Å²) >= 11 is 1.25. The number of ether oxygens (including phenoxy) is 2. The summed E-state index contributed by atoms with van der Waals surface area (Å²) in [6, 6.07) is 16.2. The molecule has 0 fully saturated rings. The Balaban J connectivity index is 1.78. The van der Waals surface area contributed by atoms with Gasteiger partial charge in [0.1, 0.15) is 10.6 Å². The van der Waals surface area contributed by atoms with E-state index in [1.165, 1.54) is 35.9 Å². The zero-order valence-electron chi connectivity index (χ0n) is 20.1. The van der Waals surface area contributed by atoms with Gasteiger partial charge in [0.15, 0.2) is 23.9 Å². The van der Waals surface area contributed by atoms with Crippen molar-refractivity contribution in [1.29, 1.82) is 0 Å². The van der Waals surface area contributed by atoms with Crippen LogP contribution in [0.4, 0.5) is 17.6 Å². The first-order chi connectivity index (χ1) is 18.2. The number of alkyl halides is 4. The third-order valence-electron chi connectivity index (χ3n) is 6.10. The van der Waals surface area contributed by atoms with Gasteiger partial charge in [-0.25, -0.2) is 4.98 Å². The molecule has 2 aromatic carbocycles. The minimum atomic E-state index is -3.26. The van der Waals surface area contributed by atoms with Crippen molar-refractivity contribution >= 4 is 11.3 Å². The lowest BCUT2D eigenvalue weighted by atomic mass is 9.91. The fourth-order valence-corrected chi connectivity index (χ4v) is 5.38. The highest BCUT2D eigenvalue weighted by molar-refractivity contribution is 7.11. The molecule has 2 atom stereocenters. The first-order valence-corrected chi connectivity index (χ1v) is 12.5. The Morgan fingerprint density at radius 2 is 1.63 bits per heavy atom. The summed E-state index contributed by atoms with van der Waals surface area (Å²) in [5.41, 5.74) is 0.546. The first-order valence-electron chi connectivity index (χ1n) is 11.6. The monoisotopic (exact) mass is 548 g/mol. The molecule has 4 rings (SSSR count). The fourth-order valence-electron chi connectivity index (χ4n) is 4.15. The van der Waals surface area contributed by atoms with Gasteiger partial charge < -0.3 is 19.8 Å². The molecule has 0 saturated heterocycles. The van der Waals surface area contributed by atoms with Crippen molar-refractivity contribution < 1.29 is 36.9 Å². The number of benzene rings is 2. The van der Waals surface area contributed by atoms with Gasteiger partial charge in [0.05, 0.1) is 0 Å². The first kappa shape index (κ1) is 27.3. The molecule has 0 aliphatic heterocycles. The third-order valence-corrected chi connectivity index (χ3v) is 7.36. The second-order valence-corrected chi connectivity index (χ2v) is 9.50. The van der Waals surface area contributed by atoms with Gasteiger partial charge in [0.25, 0.3) is 0 Å². The Bertz CT molecular complexity index is 1340. The predicted octanol–water partition coefficient (Wildman–Crippen LogP) is 6.00. The summed E-state index contributed by atoms with van der Waals surface area (Å²) in [4.78, 5) is 5.19. The summed E-state index contributed by atoms with van der Waals surface area (Å²) in [6.45, 7) is -4.65. The molecule has 2 unspecified atom stereocenters. The Hall–Kier alpha value is -3.70. The maximum atomic E-state index is 13.1. The van der Waals surface area contributed by atoms with Crippen molar-refractivity contribution in [2.45, 2.75) is 44.5 Å². The molecule has 2 aromatic heterocycles. The topological polar surface area (TPSA) is 78.5 Å². The van der Waals surface area contributed by atoms with E-state index in [9.17, 15) is 27.9 Å². The van der Waals surface area contributed by atoms with Crippen LogP contribution in [0.25, 0.3) is 0 Å². The van der Waals surface area contributed by atoms with E-state index in [1.807, 2.05) is 25.1 Å². The van der Waals surface area contributed by atoms with Crippen molar-refractivity contribution in [2.24, 2.45) is 0 Å². The van der Waals surface area contributed by atoms with Crippen LogP contribution in [-0.4, -0.2) is 23.3 Å². The molecule has 2 heterocycles. The molecular weight excluding hydrogens is 524 g/mol. The molecule has 0 bridgehead atoms. The number of aromatic nitrogens is 2. The van der Waals surface area contributed by atoms with Crippen molar-refractivity contribution in [3.8, 4) is 11.5 Å². The quantitative estimate of drug-likeness (QED) is 0.141. The minimum Gasteiger partial charge on any atom is -0.619 e. The van der Waals surface area contributed by atoms with Gasteiger partial charge in [0, 0.05) is 29.1 Å². The molecule has 1 N–H and O–H groups in total. The highest BCUT2D eigenvalue weighted by Gasteiger charge is 2.34. The maximum absolute atomic E-state index is 13.1. The van der Waals surface area contributed by atoms with Gasteiger partial charge in [-0.05, 0) is 41.7 Å². The number of nitrogens with zero attached hydrogens (tertiary/aromatic N) is 2. The number of rotatable bonds is 11. The largest absolute Gasteiger partial charge is 0.619 e. The van der Waals surface area contributed by atoms with Crippen LogP contribution in [0.3, 0.4) is 0 Å². The van der Waals surface area contributed by atoms with E-state index in [0.717, 1.165) is 11.6 Å². The standard InChI is InChI=1S/C27H24F4N2O4S/c1-2-27(34,19-6-4-3-5-7-19)24-32-16-23(38-24)20(14-17-10-12-33(35)13-11-17)18-8-9-21(36-25(28)29)22(15-18)37-26(30)31/h3-13,15-16,20,25-26,34H,2,14H2,1H3. The van der Waals surface area contributed by atoms with Crippen molar-refractivity contribution in [2.75, 3.05) is 0 Å². The van der Waals surface area contributed by atoms with Crippen LogP contribution >= 0.6 is 11.3 Å². The number of aliphatic hydroxyl groups is 1. The number of halogens is 4. The number of thiazole rings is 1. The van der Waals surface area contributed by atoms with E-state index in [1.54, 1.807) is 30.5 Å². The van der Waals surface area contributed by atoms with Gasteiger partial charge in [0.2, 0.25) is 0 Å². The van der Waals surface area contributed by atoms with E-state index in [4.69, 9.17) is 0 Å². The van der Waals surface area contributed by atoms with Gasteiger partial charge in [-0.2, -0.15) is 22.3 Å².